The minimum absolute atomic E-state index is 0.000936. The topological polar surface area (TPSA) is 72.3 Å². The van der Waals surface area contributed by atoms with Crippen molar-refractivity contribution < 1.29 is 14.6 Å². The van der Waals surface area contributed by atoms with E-state index in [0.717, 1.165) is 5.56 Å². The smallest absolute Gasteiger partial charge is 0.354 e. The number of benzene rings is 1. The Morgan fingerprint density at radius 1 is 1.19 bits per heavy atom. The third-order valence-electron chi connectivity index (χ3n) is 2.96. The minimum Gasteiger partial charge on any atom is -0.477 e. The number of ether oxygens (including phenoxy) is 1. The zero-order valence-electron chi connectivity index (χ0n) is 12.5. The molecule has 5 nitrogen and oxygen atoms in total. The summed E-state index contributed by atoms with van der Waals surface area (Å²) in [6, 6.07) is 9.06. The molecular weight excluding hydrogens is 268 g/mol. The maximum atomic E-state index is 11.0. The largest absolute Gasteiger partial charge is 0.477 e. The first-order chi connectivity index (χ1) is 9.75. The normalized spacial score (nSPS) is 11.2. The first kappa shape index (κ1) is 15.0. The van der Waals surface area contributed by atoms with E-state index in [9.17, 15) is 4.79 Å². The number of carboxylic acid groups (broad SMARTS) is 1. The van der Waals surface area contributed by atoms with Crippen molar-refractivity contribution in [1.82, 2.24) is 9.97 Å². The molecule has 0 spiro atoms. The Labute approximate surface area is 123 Å². The van der Waals surface area contributed by atoms with Crippen molar-refractivity contribution in [3.8, 4) is 11.8 Å². The second kappa shape index (κ2) is 5.52. The highest BCUT2D eigenvalue weighted by Gasteiger charge is 2.15. The molecule has 1 heterocycles. The SMILES string of the molecule is Cc1cc(C(=O)O)nc(Oc2cccc(C(C)(C)C)c2)n1. The van der Waals surface area contributed by atoms with Crippen LogP contribution in [0.4, 0.5) is 0 Å². The maximum absolute atomic E-state index is 11.0. The quantitative estimate of drug-likeness (QED) is 0.933. The van der Waals surface area contributed by atoms with Gasteiger partial charge in [0, 0.05) is 5.69 Å². The predicted molar refractivity (Wildman–Crippen MR) is 78.9 cm³/mol. The molecule has 0 saturated heterocycles. The molecule has 0 aliphatic heterocycles. The number of hydrogen-bond donors (Lipinski definition) is 1. The van der Waals surface area contributed by atoms with Gasteiger partial charge < -0.3 is 9.84 Å². The van der Waals surface area contributed by atoms with Crippen LogP contribution in [0.25, 0.3) is 0 Å². The van der Waals surface area contributed by atoms with Gasteiger partial charge >= 0.3 is 12.0 Å². The van der Waals surface area contributed by atoms with Crippen LogP contribution in [0.15, 0.2) is 30.3 Å². The molecule has 0 aliphatic carbocycles. The second-order valence-electron chi connectivity index (χ2n) is 5.86. The van der Waals surface area contributed by atoms with Crippen molar-refractivity contribution in [3.05, 3.63) is 47.3 Å². The molecule has 0 fully saturated rings. The highest BCUT2D eigenvalue weighted by atomic mass is 16.5. The van der Waals surface area contributed by atoms with Crippen molar-refractivity contribution in [2.75, 3.05) is 0 Å². The van der Waals surface area contributed by atoms with Gasteiger partial charge in [-0.2, -0.15) is 4.98 Å². The Morgan fingerprint density at radius 2 is 1.90 bits per heavy atom. The molecule has 1 N–H and O–H groups in total. The van der Waals surface area contributed by atoms with Gasteiger partial charge in [-0.05, 0) is 36.1 Å². The third-order valence-corrected chi connectivity index (χ3v) is 2.96. The molecule has 110 valence electrons. The number of carboxylic acids is 1. The van der Waals surface area contributed by atoms with Crippen molar-refractivity contribution in [2.24, 2.45) is 0 Å². The molecule has 0 aliphatic rings. The van der Waals surface area contributed by atoms with E-state index in [1.165, 1.54) is 6.07 Å². The van der Waals surface area contributed by atoms with E-state index >= 15 is 0 Å². The number of rotatable bonds is 3. The van der Waals surface area contributed by atoms with Crippen LogP contribution in [0.1, 0.15) is 42.5 Å². The lowest BCUT2D eigenvalue weighted by molar-refractivity contribution is 0.0689. The summed E-state index contributed by atoms with van der Waals surface area (Å²) in [6.45, 7) is 8.03. The van der Waals surface area contributed by atoms with E-state index < -0.39 is 5.97 Å². The summed E-state index contributed by atoms with van der Waals surface area (Å²) in [7, 11) is 0. The van der Waals surface area contributed by atoms with Crippen LogP contribution in [0.5, 0.6) is 11.8 Å². The first-order valence-electron chi connectivity index (χ1n) is 6.63. The average Bonchev–Trinajstić information content (AvgIpc) is 2.37. The molecule has 0 atom stereocenters. The Kier molecular flexibility index (Phi) is 3.93. The average molecular weight is 286 g/mol. The van der Waals surface area contributed by atoms with Gasteiger partial charge in [0.2, 0.25) is 0 Å². The summed E-state index contributed by atoms with van der Waals surface area (Å²) in [6.07, 6.45) is 0. The van der Waals surface area contributed by atoms with Crippen molar-refractivity contribution >= 4 is 5.97 Å². The summed E-state index contributed by atoms with van der Waals surface area (Å²) in [4.78, 5) is 19.0. The monoisotopic (exact) mass is 286 g/mol. The molecule has 1 aromatic heterocycles. The van der Waals surface area contributed by atoms with E-state index in [0.29, 0.717) is 11.4 Å². The van der Waals surface area contributed by atoms with Crippen LogP contribution in [0.3, 0.4) is 0 Å². The first-order valence-corrected chi connectivity index (χ1v) is 6.63. The minimum atomic E-state index is -1.10. The Morgan fingerprint density at radius 3 is 2.52 bits per heavy atom. The number of aryl methyl sites for hydroxylation is 1. The van der Waals surface area contributed by atoms with Crippen LogP contribution in [0, 0.1) is 6.92 Å². The van der Waals surface area contributed by atoms with Gasteiger partial charge in [-0.25, -0.2) is 9.78 Å². The highest BCUT2D eigenvalue weighted by Crippen LogP contribution is 2.27. The molecule has 2 rings (SSSR count). The van der Waals surface area contributed by atoms with Crippen molar-refractivity contribution in [2.45, 2.75) is 33.1 Å². The molecule has 2 aromatic rings. The highest BCUT2D eigenvalue weighted by molar-refractivity contribution is 5.85. The fraction of sp³-hybridized carbons (Fsp3) is 0.312. The summed E-state index contributed by atoms with van der Waals surface area (Å²) in [5.41, 5.74) is 1.58. The van der Waals surface area contributed by atoms with E-state index in [4.69, 9.17) is 9.84 Å². The molecule has 0 unspecified atom stereocenters. The van der Waals surface area contributed by atoms with Gasteiger partial charge in [0.25, 0.3) is 0 Å². The van der Waals surface area contributed by atoms with E-state index in [1.807, 2.05) is 18.2 Å². The van der Waals surface area contributed by atoms with Crippen LogP contribution in [-0.2, 0) is 5.41 Å². The lowest BCUT2D eigenvalue weighted by Gasteiger charge is -2.19. The van der Waals surface area contributed by atoms with Gasteiger partial charge in [-0.15, -0.1) is 0 Å². The number of aromatic nitrogens is 2. The standard InChI is InChI=1S/C16H18N2O3/c1-10-8-13(14(19)20)18-15(17-10)21-12-7-5-6-11(9-12)16(2,3)4/h5-9H,1-4H3,(H,19,20). The van der Waals surface area contributed by atoms with Crippen molar-refractivity contribution in [1.29, 1.82) is 0 Å². The Balaban J connectivity index is 2.32. The molecule has 0 saturated carbocycles. The molecule has 0 bridgehead atoms. The summed E-state index contributed by atoms with van der Waals surface area (Å²) >= 11 is 0. The van der Waals surface area contributed by atoms with Crippen molar-refractivity contribution in [3.63, 3.8) is 0 Å². The number of aromatic carboxylic acids is 1. The number of nitrogens with zero attached hydrogens (tertiary/aromatic N) is 2. The maximum Gasteiger partial charge on any atom is 0.354 e. The molecule has 5 heteroatoms. The summed E-state index contributed by atoms with van der Waals surface area (Å²) in [5, 5.41) is 9.00. The number of hydrogen-bond acceptors (Lipinski definition) is 4. The van der Waals surface area contributed by atoms with Crippen LogP contribution >= 0.6 is 0 Å². The summed E-state index contributed by atoms with van der Waals surface area (Å²) < 4.78 is 5.60. The third kappa shape index (κ3) is 3.78. The zero-order chi connectivity index (χ0) is 15.6. The van der Waals surface area contributed by atoms with Gasteiger partial charge in [-0.3, -0.25) is 0 Å². The lowest BCUT2D eigenvalue weighted by Crippen LogP contribution is -2.11. The number of carbonyl (C=O) groups is 1. The van der Waals surface area contributed by atoms with Gasteiger partial charge in [0.1, 0.15) is 5.75 Å². The fourth-order valence-electron chi connectivity index (χ4n) is 1.83. The van der Waals surface area contributed by atoms with E-state index in [-0.39, 0.29) is 17.1 Å². The van der Waals surface area contributed by atoms with Gasteiger partial charge in [-0.1, -0.05) is 32.9 Å². The lowest BCUT2D eigenvalue weighted by atomic mass is 9.87. The molecular formula is C16H18N2O3. The van der Waals surface area contributed by atoms with E-state index in [1.54, 1.807) is 13.0 Å². The Bertz CT molecular complexity index is 675. The van der Waals surface area contributed by atoms with Gasteiger partial charge in [0.15, 0.2) is 5.69 Å². The zero-order valence-corrected chi connectivity index (χ0v) is 12.5. The van der Waals surface area contributed by atoms with Crippen LogP contribution in [0.2, 0.25) is 0 Å². The molecule has 1 aromatic carbocycles. The van der Waals surface area contributed by atoms with Crippen LogP contribution in [-0.4, -0.2) is 21.0 Å². The molecule has 0 amide bonds. The second-order valence-corrected chi connectivity index (χ2v) is 5.86. The van der Waals surface area contributed by atoms with E-state index in [2.05, 4.69) is 30.7 Å². The fourth-order valence-corrected chi connectivity index (χ4v) is 1.83. The molecule has 21 heavy (non-hydrogen) atoms. The summed E-state index contributed by atoms with van der Waals surface area (Å²) in [5.74, 6) is -0.516. The van der Waals surface area contributed by atoms with Crippen LogP contribution < -0.4 is 4.74 Å². The molecule has 0 radical (unpaired) electrons. The predicted octanol–water partition coefficient (Wildman–Crippen LogP) is 3.57. The Hall–Kier alpha value is -2.43. The van der Waals surface area contributed by atoms with Gasteiger partial charge in [0.05, 0.1) is 0 Å².